The third kappa shape index (κ3) is 4.30. The summed E-state index contributed by atoms with van der Waals surface area (Å²) in [5.41, 5.74) is 1.02. The molecule has 0 saturated heterocycles. The summed E-state index contributed by atoms with van der Waals surface area (Å²) in [6, 6.07) is 7.86. The fraction of sp³-hybridized carbons (Fsp3) is 0.471. The van der Waals surface area contributed by atoms with Gasteiger partial charge in [-0.3, -0.25) is 5.10 Å². The number of aliphatic hydroxyl groups is 1. The predicted molar refractivity (Wildman–Crippen MR) is 84.5 cm³/mol. The van der Waals surface area contributed by atoms with Gasteiger partial charge in [-0.05, 0) is 49.6 Å². The summed E-state index contributed by atoms with van der Waals surface area (Å²) in [6.45, 7) is 1.43. The molecule has 1 fully saturated rings. The fourth-order valence-electron chi connectivity index (χ4n) is 3.04. The standard InChI is InChI=1S/C17H22FN3O2/c18-13-4-6-15(7-5-13)23-16-3-1-2-12(17(16)22)10-19-11-14-8-9-20-21-14/h4-9,12,16-17,19,22H,1-3,10-11H2,(H,20,21)/t12-,16-,17-/m1/s1. The number of halogens is 1. The number of ether oxygens (including phenoxy) is 1. The Kier molecular flexibility index (Phi) is 5.25. The maximum Gasteiger partial charge on any atom is 0.125 e. The minimum absolute atomic E-state index is 0.150. The van der Waals surface area contributed by atoms with Crippen molar-refractivity contribution >= 4 is 0 Å². The quantitative estimate of drug-likeness (QED) is 0.764. The molecule has 1 aliphatic carbocycles. The second-order valence-corrected chi connectivity index (χ2v) is 6.00. The van der Waals surface area contributed by atoms with E-state index in [1.807, 2.05) is 6.07 Å². The summed E-state index contributed by atoms with van der Waals surface area (Å²) in [7, 11) is 0. The second kappa shape index (κ2) is 7.57. The molecule has 6 heteroatoms. The molecule has 0 aliphatic heterocycles. The lowest BCUT2D eigenvalue weighted by molar-refractivity contribution is -0.0306. The maximum absolute atomic E-state index is 12.9. The minimum atomic E-state index is -0.525. The molecule has 1 heterocycles. The number of benzene rings is 1. The predicted octanol–water partition coefficient (Wildman–Crippen LogP) is 2.25. The van der Waals surface area contributed by atoms with E-state index in [0.717, 1.165) is 31.5 Å². The molecular weight excluding hydrogens is 297 g/mol. The molecule has 1 saturated carbocycles. The van der Waals surface area contributed by atoms with Gasteiger partial charge >= 0.3 is 0 Å². The average molecular weight is 319 g/mol. The van der Waals surface area contributed by atoms with Crippen LogP contribution >= 0.6 is 0 Å². The molecule has 3 rings (SSSR count). The molecule has 1 aromatic heterocycles. The molecule has 0 spiro atoms. The molecule has 5 nitrogen and oxygen atoms in total. The first kappa shape index (κ1) is 16.0. The van der Waals surface area contributed by atoms with Crippen molar-refractivity contribution in [2.24, 2.45) is 5.92 Å². The van der Waals surface area contributed by atoms with Crippen LogP contribution in [0.15, 0.2) is 36.5 Å². The molecule has 0 bridgehead atoms. The molecule has 1 aliphatic rings. The van der Waals surface area contributed by atoms with E-state index in [1.165, 1.54) is 12.1 Å². The SMILES string of the molecule is O[C@@H]1[C@@H](CNCc2ccn[nH]2)CCC[C@H]1Oc1ccc(F)cc1. The summed E-state index contributed by atoms with van der Waals surface area (Å²) < 4.78 is 18.8. The van der Waals surface area contributed by atoms with Gasteiger partial charge in [-0.1, -0.05) is 0 Å². The van der Waals surface area contributed by atoms with Crippen molar-refractivity contribution in [3.8, 4) is 5.75 Å². The van der Waals surface area contributed by atoms with Gasteiger partial charge in [0.1, 0.15) is 17.7 Å². The number of aliphatic hydroxyl groups excluding tert-OH is 1. The smallest absolute Gasteiger partial charge is 0.125 e. The van der Waals surface area contributed by atoms with Gasteiger partial charge in [-0.15, -0.1) is 0 Å². The van der Waals surface area contributed by atoms with Crippen molar-refractivity contribution in [3.05, 3.63) is 48.0 Å². The van der Waals surface area contributed by atoms with Gasteiger partial charge in [0.2, 0.25) is 0 Å². The zero-order chi connectivity index (χ0) is 16.1. The number of aromatic nitrogens is 2. The molecule has 0 radical (unpaired) electrons. The third-order valence-corrected chi connectivity index (χ3v) is 4.31. The first-order valence-electron chi connectivity index (χ1n) is 8.01. The molecule has 1 aromatic carbocycles. The van der Waals surface area contributed by atoms with E-state index in [4.69, 9.17) is 4.74 Å². The molecule has 0 unspecified atom stereocenters. The Hall–Kier alpha value is -1.92. The Morgan fingerprint density at radius 1 is 1.26 bits per heavy atom. The molecule has 124 valence electrons. The van der Waals surface area contributed by atoms with E-state index in [2.05, 4.69) is 15.5 Å². The van der Waals surface area contributed by atoms with Gasteiger partial charge in [0, 0.05) is 30.9 Å². The summed E-state index contributed by atoms with van der Waals surface area (Å²) >= 11 is 0. The molecular formula is C17H22FN3O2. The maximum atomic E-state index is 12.9. The highest BCUT2D eigenvalue weighted by atomic mass is 19.1. The largest absolute Gasteiger partial charge is 0.488 e. The van der Waals surface area contributed by atoms with E-state index in [9.17, 15) is 9.50 Å². The van der Waals surface area contributed by atoms with Crippen LogP contribution in [0.5, 0.6) is 5.75 Å². The van der Waals surface area contributed by atoms with Crippen molar-refractivity contribution in [1.82, 2.24) is 15.5 Å². The monoisotopic (exact) mass is 319 g/mol. The van der Waals surface area contributed by atoms with Crippen LogP contribution in [0.4, 0.5) is 4.39 Å². The normalized spacial score (nSPS) is 24.5. The highest BCUT2D eigenvalue weighted by molar-refractivity contribution is 5.22. The van der Waals surface area contributed by atoms with Gasteiger partial charge in [-0.25, -0.2) is 4.39 Å². The van der Waals surface area contributed by atoms with Crippen molar-refractivity contribution in [2.45, 2.75) is 38.0 Å². The van der Waals surface area contributed by atoms with Gasteiger partial charge in [0.25, 0.3) is 0 Å². The minimum Gasteiger partial charge on any atom is -0.488 e. The first-order valence-corrected chi connectivity index (χ1v) is 8.01. The van der Waals surface area contributed by atoms with Crippen LogP contribution in [0.2, 0.25) is 0 Å². The second-order valence-electron chi connectivity index (χ2n) is 6.00. The van der Waals surface area contributed by atoms with Crippen LogP contribution in [-0.4, -0.2) is 34.1 Å². The van der Waals surface area contributed by atoms with E-state index in [-0.39, 0.29) is 17.8 Å². The van der Waals surface area contributed by atoms with Crippen LogP contribution in [0.25, 0.3) is 0 Å². The van der Waals surface area contributed by atoms with Gasteiger partial charge in [-0.2, -0.15) is 5.10 Å². The Morgan fingerprint density at radius 3 is 2.83 bits per heavy atom. The van der Waals surface area contributed by atoms with Crippen molar-refractivity contribution in [3.63, 3.8) is 0 Å². The summed E-state index contributed by atoms with van der Waals surface area (Å²) in [4.78, 5) is 0. The number of nitrogens with zero attached hydrogens (tertiary/aromatic N) is 1. The van der Waals surface area contributed by atoms with Crippen LogP contribution in [0, 0.1) is 11.7 Å². The zero-order valence-electron chi connectivity index (χ0n) is 12.9. The van der Waals surface area contributed by atoms with Gasteiger partial charge < -0.3 is 15.2 Å². The van der Waals surface area contributed by atoms with Crippen LogP contribution in [0.1, 0.15) is 25.0 Å². The molecule has 0 amide bonds. The lowest BCUT2D eigenvalue weighted by Gasteiger charge is -2.35. The third-order valence-electron chi connectivity index (χ3n) is 4.31. The zero-order valence-corrected chi connectivity index (χ0v) is 12.9. The van der Waals surface area contributed by atoms with Crippen molar-refractivity contribution < 1.29 is 14.2 Å². The number of hydrogen-bond donors (Lipinski definition) is 3. The molecule has 3 atom stereocenters. The van der Waals surface area contributed by atoms with Crippen LogP contribution < -0.4 is 10.1 Å². The number of nitrogens with one attached hydrogen (secondary N) is 2. The van der Waals surface area contributed by atoms with Crippen molar-refractivity contribution in [2.75, 3.05) is 6.54 Å². The van der Waals surface area contributed by atoms with Crippen LogP contribution in [0.3, 0.4) is 0 Å². The highest BCUT2D eigenvalue weighted by Crippen LogP contribution is 2.28. The number of hydrogen-bond acceptors (Lipinski definition) is 4. The number of H-pyrrole nitrogens is 1. The Morgan fingerprint density at radius 2 is 2.09 bits per heavy atom. The van der Waals surface area contributed by atoms with E-state index in [0.29, 0.717) is 12.3 Å². The average Bonchev–Trinajstić information content (AvgIpc) is 3.06. The Labute approximate surface area is 134 Å². The van der Waals surface area contributed by atoms with E-state index >= 15 is 0 Å². The Bertz CT molecular complexity index is 588. The Balaban J connectivity index is 1.51. The number of aromatic amines is 1. The molecule has 3 N–H and O–H groups in total. The summed E-state index contributed by atoms with van der Waals surface area (Å²) in [5.74, 6) is 0.459. The molecule has 2 aromatic rings. The number of rotatable bonds is 6. The lowest BCUT2D eigenvalue weighted by atomic mass is 9.84. The topological polar surface area (TPSA) is 70.2 Å². The van der Waals surface area contributed by atoms with E-state index in [1.54, 1.807) is 18.3 Å². The molecule has 23 heavy (non-hydrogen) atoms. The van der Waals surface area contributed by atoms with Gasteiger partial charge in [0.15, 0.2) is 0 Å². The van der Waals surface area contributed by atoms with Crippen molar-refractivity contribution in [1.29, 1.82) is 0 Å². The lowest BCUT2D eigenvalue weighted by Crippen LogP contribution is -2.44. The van der Waals surface area contributed by atoms with Gasteiger partial charge in [0.05, 0.1) is 6.10 Å². The highest BCUT2D eigenvalue weighted by Gasteiger charge is 2.33. The fourth-order valence-corrected chi connectivity index (χ4v) is 3.04. The van der Waals surface area contributed by atoms with E-state index < -0.39 is 6.10 Å². The van der Waals surface area contributed by atoms with Crippen LogP contribution in [-0.2, 0) is 6.54 Å². The summed E-state index contributed by atoms with van der Waals surface area (Å²) in [5, 5.41) is 20.7. The summed E-state index contributed by atoms with van der Waals surface area (Å²) in [6.07, 6.45) is 3.75. The first-order chi connectivity index (χ1) is 11.2.